The standard InChI is InChI=1S/C14H22N2O2S/c1-4-14(5-2,13(15)19)16-11(17)9-6-8(3)7-10(9)12(16)18/h8-10H,4-7H2,1-3H3,(H2,15,19). The molecule has 2 atom stereocenters. The fourth-order valence-electron chi connectivity index (χ4n) is 3.72. The first-order valence-corrected chi connectivity index (χ1v) is 7.47. The number of amides is 2. The fourth-order valence-corrected chi connectivity index (χ4v) is 4.10. The van der Waals surface area contributed by atoms with Crippen LogP contribution < -0.4 is 5.73 Å². The van der Waals surface area contributed by atoms with Crippen molar-refractivity contribution in [3.8, 4) is 0 Å². The Bertz CT molecular complexity index is 407. The number of nitrogens with two attached hydrogens (primary N) is 1. The molecule has 2 aliphatic rings. The average molecular weight is 282 g/mol. The summed E-state index contributed by atoms with van der Waals surface area (Å²) in [6.07, 6.45) is 2.80. The number of thiocarbonyl (C=S) groups is 1. The highest BCUT2D eigenvalue weighted by Gasteiger charge is 2.57. The number of likely N-dealkylation sites (tertiary alicyclic amines) is 1. The third-order valence-electron chi connectivity index (χ3n) is 4.93. The Morgan fingerprint density at radius 1 is 1.26 bits per heavy atom. The lowest BCUT2D eigenvalue weighted by molar-refractivity contribution is -0.145. The monoisotopic (exact) mass is 282 g/mol. The molecule has 19 heavy (non-hydrogen) atoms. The summed E-state index contributed by atoms with van der Waals surface area (Å²) in [4.78, 5) is 26.9. The van der Waals surface area contributed by atoms with Crippen molar-refractivity contribution in [1.29, 1.82) is 0 Å². The lowest BCUT2D eigenvalue weighted by Gasteiger charge is -2.39. The van der Waals surface area contributed by atoms with Gasteiger partial charge < -0.3 is 5.73 Å². The molecule has 1 heterocycles. The number of fused-ring (bicyclic) bond motifs is 1. The van der Waals surface area contributed by atoms with Crippen molar-refractivity contribution < 1.29 is 9.59 Å². The van der Waals surface area contributed by atoms with Crippen molar-refractivity contribution >= 4 is 29.0 Å². The first kappa shape index (κ1) is 14.4. The molecule has 2 amide bonds. The van der Waals surface area contributed by atoms with Gasteiger partial charge in [0, 0.05) is 0 Å². The van der Waals surface area contributed by atoms with Crippen molar-refractivity contribution in [2.24, 2.45) is 23.5 Å². The minimum Gasteiger partial charge on any atom is -0.391 e. The Morgan fingerprint density at radius 3 is 2.00 bits per heavy atom. The van der Waals surface area contributed by atoms with Crippen LogP contribution in [0.5, 0.6) is 0 Å². The van der Waals surface area contributed by atoms with Crippen LogP contribution in [0, 0.1) is 17.8 Å². The minimum atomic E-state index is -0.767. The first-order chi connectivity index (χ1) is 8.89. The normalized spacial score (nSPS) is 30.9. The van der Waals surface area contributed by atoms with Gasteiger partial charge in [0.25, 0.3) is 0 Å². The predicted octanol–water partition coefficient (Wildman–Crippen LogP) is 1.86. The van der Waals surface area contributed by atoms with Crippen LogP contribution >= 0.6 is 12.2 Å². The third-order valence-corrected chi connectivity index (χ3v) is 5.31. The van der Waals surface area contributed by atoms with E-state index in [9.17, 15) is 9.59 Å². The summed E-state index contributed by atoms with van der Waals surface area (Å²) in [5.41, 5.74) is 5.09. The average Bonchev–Trinajstić information content (AvgIpc) is 2.84. The van der Waals surface area contributed by atoms with E-state index in [2.05, 4.69) is 6.92 Å². The zero-order valence-corrected chi connectivity index (χ0v) is 12.6. The van der Waals surface area contributed by atoms with E-state index in [4.69, 9.17) is 18.0 Å². The molecule has 2 N–H and O–H groups in total. The van der Waals surface area contributed by atoms with E-state index >= 15 is 0 Å². The molecule has 0 aromatic carbocycles. The molecule has 4 nitrogen and oxygen atoms in total. The van der Waals surface area contributed by atoms with Crippen LogP contribution in [0.3, 0.4) is 0 Å². The zero-order chi connectivity index (χ0) is 14.4. The van der Waals surface area contributed by atoms with Crippen LogP contribution in [0.4, 0.5) is 0 Å². The van der Waals surface area contributed by atoms with Gasteiger partial charge in [-0.1, -0.05) is 33.0 Å². The van der Waals surface area contributed by atoms with E-state index in [0.717, 1.165) is 12.8 Å². The number of carbonyl (C=O) groups excluding carboxylic acids is 2. The van der Waals surface area contributed by atoms with Crippen LogP contribution in [-0.4, -0.2) is 27.2 Å². The minimum absolute atomic E-state index is 0.0594. The SMILES string of the molecule is CCC(CC)(C(N)=S)N1C(=O)C2CC(C)CC2C1=O. The summed E-state index contributed by atoms with van der Waals surface area (Å²) in [5, 5.41) is 0. The highest BCUT2D eigenvalue weighted by atomic mass is 32.1. The summed E-state index contributed by atoms with van der Waals surface area (Å²) in [7, 11) is 0. The Balaban J connectivity index is 2.39. The molecule has 1 aliphatic heterocycles. The van der Waals surface area contributed by atoms with E-state index in [1.54, 1.807) is 0 Å². The molecular formula is C14H22N2O2S. The predicted molar refractivity (Wildman–Crippen MR) is 77.3 cm³/mol. The van der Waals surface area contributed by atoms with Crippen LogP contribution in [-0.2, 0) is 9.59 Å². The van der Waals surface area contributed by atoms with Gasteiger partial charge in [0.1, 0.15) is 0 Å². The molecule has 1 saturated heterocycles. The lowest BCUT2D eigenvalue weighted by atomic mass is 9.90. The fraction of sp³-hybridized carbons (Fsp3) is 0.786. The van der Waals surface area contributed by atoms with Crippen LogP contribution in [0.1, 0.15) is 46.5 Å². The van der Waals surface area contributed by atoms with Crippen LogP contribution in [0.2, 0.25) is 0 Å². The van der Waals surface area contributed by atoms with Crippen molar-refractivity contribution in [2.75, 3.05) is 0 Å². The van der Waals surface area contributed by atoms with Gasteiger partial charge >= 0.3 is 0 Å². The Hall–Kier alpha value is -0.970. The molecule has 0 radical (unpaired) electrons. The number of hydrogen-bond acceptors (Lipinski definition) is 3. The summed E-state index contributed by atoms with van der Waals surface area (Å²) >= 11 is 5.16. The van der Waals surface area contributed by atoms with Gasteiger partial charge in [-0.2, -0.15) is 0 Å². The van der Waals surface area contributed by atoms with Gasteiger partial charge in [-0.15, -0.1) is 0 Å². The van der Waals surface area contributed by atoms with Crippen molar-refractivity contribution in [3.05, 3.63) is 0 Å². The molecule has 2 rings (SSSR count). The molecule has 2 unspecified atom stereocenters. The van der Waals surface area contributed by atoms with Crippen molar-refractivity contribution in [2.45, 2.75) is 52.0 Å². The second-order valence-corrected chi connectivity index (χ2v) is 6.34. The highest BCUT2D eigenvalue weighted by molar-refractivity contribution is 7.80. The Labute approximate surface area is 119 Å². The van der Waals surface area contributed by atoms with E-state index < -0.39 is 5.54 Å². The Kier molecular flexibility index (Phi) is 3.69. The molecule has 0 aromatic heterocycles. The third kappa shape index (κ3) is 1.90. The summed E-state index contributed by atoms with van der Waals surface area (Å²) in [5.74, 6) is 0.0443. The molecule has 5 heteroatoms. The second kappa shape index (κ2) is 4.85. The topological polar surface area (TPSA) is 63.4 Å². The summed E-state index contributed by atoms with van der Waals surface area (Å²) < 4.78 is 0. The molecule has 2 fully saturated rings. The molecule has 1 aliphatic carbocycles. The second-order valence-electron chi connectivity index (χ2n) is 5.90. The van der Waals surface area contributed by atoms with Gasteiger partial charge in [-0.25, -0.2) is 0 Å². The molecule has 0 spiro atoms. The Morgan fingerprint density at radius 2 is 1.68 bits per heavy atom. The molecule has 1 saturated carbocycles. The summed E-state index contributed by atoms with van der Waals surface area (Å²) in [6.45, 7) is 5.96. The van der Waals surface area contributed by atoms with Crippen LogP contribution in [0.15, 0.2) is 0 Å². The number of hydrogen-bond donors (Lipinski definition) is 1. The largest absolute Gasteiger partial charge is 0.391 e. The van der Waals surface area contributed by atoms with Gasteiger partial charge in [0.15, 0.2) is 0 Å². The first-order valence-electron chi connectivity index (χ1n) is 7.06. The van der Waals surface area contributed by atoms with Crippen molar-refractivity contribution in [1.82, 2.24) is 4.90 Å². The number of nitrogens with zero attached hydrogens (tertiary/aromatic N) is 1. The van der Waals surface area contributed by atoms with E-state index in [1.807, 2.05) is 13.8 Å². The van der Waals surface area contributed by atoms with Gasteiger partial charge in [-0.05, 0) is 31.6 Å². The molecule has 0 aromatic rings. The number of rotatable bonds is 4. The van der Waals surface area contributed by atoms with E-state index in [-0.39, 0.29) is 28.6 Å². The smallest absolute Gasteiger partial charge is 0.233 e. The molecular weight excluding hydrogens is 260 g/mol. The van der Waals surface area contributed by atoms with E-state index in [0.29, 0.717) is 18.8 Å². The quantitative estimate of drug-likeness (QED) is 0.631. The van der Waals surface area contributed by atoms with Gasteiger partial charge in [0.2, 0.25) is 11.8 Å². The lowest BCUT2D eigenvalue weighted by Crippen LogP contribution is -2.59. The molecule has 106 valence electrons. The maximum absolute atomic E-state index is 12.6. The van der Waals surface area contributed by atoms with Gasteiger partial charge in [-0.3, -0.25) is 14.5 Å². The van der Waals surface area contributed by atoms with Crippen LogP contribution in [0.25, 0.3) is 0 Å². The maximum Gasteiger partial charge on any atom is 0.233 e. The molecule has 0 bridgehead atoms. The van der Waals surface area contributed by atoms with E-state index in [1.165, 1.54) is 4.90 Å². The van der Waals surface area contributed by atoms with Crippen molar-refractivity contribution in [3.63, 3.8) is 0 Å². The number of imide groups is 1. The van der Waals surface area contributed by atoms with Gasteiger partial charge in [0.05, 0.1) is 22.4 Å². The zero-order valence-electron chi connectivity index (χ0n) is 11.8. The highest BCUT2D eigenvalue weighted by Crippen LogP contribution is 2.46. The maximum atomic E-state index is 12.6. The summed E-state index contributed by atoms with van der Waals surface area (Å²) in [6, 6.07) is 0. The number of carbonyl (C=O) groups is 2.